The maximum absolute atomic E-state index is 12.5. The van der Waals surface area contributed by atoms with Crippen LogP contribution in [0.2, 0.25) is 0 Å². The van der Waals surface area contributed by atoms with Crippen LogP contribution in [0.5, 0.6) is 11.5 Å². The molecule has 0 amide bonds. The molecule has 0 atom stereocenters. The highest BCUT2D eigenvalue weighted by Crippen LogP contribution is 2.26. The number of nitrogen functional groups attached to an aromatic ring is 1. The summed E-state index contributed by atoms with van der Waals surface area (Å²) in [5, 5.41) is 0. The van der Waals surface area contributed by atoms with E-state index in [1.54, 1.807) is 31.4 Å². The molecule has 27 heavy (non-hydrogen) atoms. The fourth-order valence-corrected chi connectivity index (χ4v) is 3.56. The second-order valence-electron chi connectivity index (χ2n) is 6.28. The van der Waals surface area contributed by atoms with Crippen LogP contribution in [-0.2, 0) is 16.6 Å². The zero-order chi connectivity index (χ0) is 19.7. The highest BCUT2D eigenvalue weighted by molar-refractivity contribution is 7.89. The molecule has 2 rings (SSSR count). The normalized spacial score (nSPS) is 11.3. The molecule has 0 unspecified atom stereocenters. The van der Waals surface area contributed by atoms with Gasteiger partial charge in [0.1, 0.15) is 11.5 Å². The van der Waals surface area contributed by atoms with Crippen molar-refractivity contribution in [3.8, 4) is 11.5 Å². The van der Waals surface area contributed by atoms with Crippen LogP contribution in [0.4, 0.5) is 5.69 Å². The number of anilines is 1. The molecule has 0 saturated carbocycles. The van der Waals surface area contributed by atoms with Gasteiger partial charge in [-0.15, -0.1) is 0 Å². The lowest BCUT2D eigenvalue weighted by atomic mass is 10.2. The number of benzene rings is 2. The third kappa shape index (κ3) is 6.45. The number of nitrogens with two attached hydrogens (primary N) is 1. The Morgan fingerprint density at radius 2 is 1.78 bits per heavy atom. The van der Waals surface area contributed by atoms with E-state index in [0.29, 0.717) is 23.8 Å². The molecule has 0 saturated heterocycles. The van der Waals surface area contributed by atoms with Gasteiger partial charge in [-0.2, -0.15) is 0 Å². The molecule has 0 bridgehead atoms. The third-order valence-electron chi connectivity index (χ3n) is 4.17. The lowest BCUT2D eigenvalue weighted by molar-refractivity contribution is 0.299. The van der Waals surface area contributed by atoms with E-state index in [0.717, 1.165) is 24.8 Å². The van der Waals surface area contributed by atoms with Crippen LogP contribution in [0.15, 0.2) is 47.4 Å². The fraction of sp³-hybridized carbons (Fsp3) is 0.400. The predicted octanol–water partition coefficient (Wildman–Crippen LogP) is 3.72. The summed E-state index contributed by atoms with van der Waals surface area (Å²) in [5.74, 6) is 1.30. The predicted molar refractivity (Wildman–Crippen MR) is 108 cm³/mol. The Balaban J connectivity index is 2.06. The van der Waals surface area contributed by atoms with Gasteiger partial charge in [-0.3, -0.25) is 0 Å². The Hall–Kier alpha value is -2.25. The van der Waals surface area contributed by atoms with E-state index in [9.17, 15) is 8.42 Å². The van der Waals surface area contributed by atoms with Crippen LogP contribution in [0, 0.1) is 0 Å². The lowest BCUT2D eigenvalue weighted by Crippen LogP contribution is -2.23. The van der Waals surface area contributed by atoms with Crippen molar-refractivity contribution in [3.63, 3.8) is 0 Å². The first-order chi connectivity index (χ1) is 13.0. The Morgan fingerprint density at radius 3 is 2.44 bits per heavy atom. The van der Waals surface area contributed by atoms with Crippen LogP contribution < -0.4 is 19.9 Å². The lowest BCUT2D eigenvalue weighted by Gasteiger charge is -2.14. The second kappa shape index (κ2) is 10.2. The summed E-state index contributed by atoms with van der Waals surface area (Å²) in [6.45, 7) is 2.88. The van der Waals surface area contributed by atoms with Gasteiger partial charge < -0.3 is 15.2 Å². The number of methoxy groups -OCH3 is 1. The summed E-state index contributed by atoms with van der Waals surface area (Å²) in [7, 11) is -2.05. The minimum absolute atomic E-state index is 0.126. The third-order valence-corrected chi connectivity index (χ3v) is 5.59. The van der Waals surface area contributed by atoms with Gasteiger partial charge in [0, 0.05) is 23.9 Å². The van der Waals surface area contributed by atoms with E-state index in [4.69, 9.17) is 15.2 Å². The van der Waals surface area contributed by atoms with Crippen molar-refractivity contribution in [2.75, 3.05) is 19.5 Å². The molecule has 0 spiro atoms. The van der Waals surface area contributed by atoms with Gasteiger partial charge >= 0.3 is 0 Å². The van der Waals surface area contributed by atoms with Crippen LogP contribution in [0.1, 0.15) is 38.2 Å². The Labute approximate surface area is 161 Å². The quantitative estimate of drug-likeness (QED) is 0.449. The molecule has 0 heterocycles. The summed E-state index contributed by atoms with van der Waals surface area (Å²) in [4.78, 5) is 0.173. The zero-order valence-electron chi connectivity index (χ0n) is 15.9. The Morgan fingerprint density at radius 1 is 1.04 bits per heavy atom. The number of sulfonamides is 1. The first kappa shape index (κ1) is 21.1. The van der Waals surface area contributed by atoms with E-state index in [1.165, 1.54) is 18.6 Å². The molecule has 0 fully saturated rings. The van der Waals surface area contributed by atoms with Crippen molar-refractivity contribution in [2.45, 2.75) is 44.0 Å². The van der Waals surface area contributed by atoms with Crippen molar-refractivity contribution in [1.29, 1.82) is 0 Å². The molecule has 0 aromatic heterocycles. The SMILES string of the molecule is CCCCCCOc1cc(OC)ccc1CNS(=O)(=O)c1ccc(N)cc1. The molecule has 7 heteroatoms. The molecule has 2 aromatic rings. The largest absolute Gasteiger partial charge is 0.497 e. The number of ether oxygens (including phenoxy) is 2. The topological polar surface area (TPSA) is 90.6 Å². The zero-order valence-corrected chi connectivity index (χ0v) is 16.7. The van der Waals surface area contributed by atoms with E-state index in [2.05, 4.69) is 11.6 Å². The molecule has 2 aromatic carbocycles. The van der Waals surface area contributed by atoms with Crippen LogP contribution in [0.25, 0.3) is 0 Å². The molecule has 0 radical (unpaired) electrons. The van der Waals surface area contributed by atoms with Crippen molar-refractivity contribution < 1.29 is 17.9 Å². The van der Waals surface area contributed by atoms with Gasteiger partial charge in [0.25, 0.3) is 0 Å². The Kier molecular flexibility index (Phi) is 7.94. The monoisotopic (exact) mass is 392 g/mol. The van der Waals surface area contributed by atoms with E-state index in [1.807, 2.05) is 6.07 Å². The minimum atomic E-state index is -3.63. The minimum Gasteiger partial charge on any atom is -0.497 e. The molecule has 0 aliphatic carbocycles. The standard InChI is InChI=1S/C20H28N2O4S/c1-3-4-5-6-13-26-20-14-18(25-2)10-7-16(20)15-22-27(23,24)19-11-8-17(21)9-12-19/h7-12,14,22H,3-6,13,15,21H2,1-2H3. The van der Waals surface area contributed by atoms with E-state index in [-0.39, 0.29) is 11.4 Å². The molecule has 0 aliphatic heterocycles. The number of rotatable bonds is 11. The molecular formula is C20H28N2O4S. The van der Waals surface area contributed by atoms with E-state index >= 15 is 0 Å². The average Bonchev–Trinajstić information content (AvgIpc) is 2.67. The van der Waals surface area contributed by atoms with Gasteiger partial charge in [-0.25, -0.2) is 13.1 Å². The summed E-state index contributed by atoms with van der Waals surface area (Å²) >= 11 is 0. The first-order valence-electron chi connectivity index (χ1n) is 9.11. The maximum Gasteiger partial charge on any atom is 0.240 e. The second-order valence-corrected chi connectivity index (χ2v) is 8.04. The molecule has 148 valence electrons. The summed E-state index contributed by atoms with van der Waals surface area (Å²) in [6, 6.07) is 11.5. The summed E-state index contributed by atoms with van der Waals surface area (Å²) in [6.07, 6.45) is 4.41. The number of nitrogens with one attached hydrogen (secondary N) is 1. The Bertz CT molecular complexity index is 820. The van der Waals surface area contributed by atoms with Gasteiger partial charge in [0.2, 0.25) is 10.0 Å². The number of unbranched alkanes of at least 4 members (excludes halogenated alkanes) is 3. The van der Waals surface area contributed by atoms with Gasteiger partial charge in [-0.1, -0.05) is 32.3 Å². The van der Waals surface area contributed by atoms with Crippen molar-refractivity contribution in [1.82, 2.24) is 4.72 Å². The summed E-state index contributed by atoms with van der Waals surface area (Å²) in [5.41, 5.74) is 6.89. The first-order valence-corrected chi connectivity index (χ1v) is 10.6. The van der Waals surface area contributed by atoms with E-state index < -0.39 is 10.0 Å². The average molecular weight is 393 g/mol. The number of hydrogen-bond donors (Lipinski definition) is 2. The van der Waals surface area contributed by atoms with Crippen LogP contribution >= 0.6 is 0 Å². The van der Waals surface area contributed by atoms with Crippen molar-refractivity contribution in [3.05, 3.63) is 48.0 Å². The number of hydrogen-bond acceptors (Lipinski definition) is 5. The van der Waals surface area contributed by atoms with Crippen LogP contribution in [0.3, 0.4) is 0 Å². The van der Waals surface area contributed by atoms with Gasteiger partial charge in [0.05, 0.1) is 18.6 Å². The van der Waals surface area contributed by atoms with Crippen LogP contribution in [-0.4, -0.2) is 22.1 Å². The van der Waals surface area contributed by atoms with Crippen molar-refractivity contribution in [2.24, 2.45) is 0 Å². The molecule has 0 aliphatic rings. The highest BCUT2D eigenvalue weighted by atomic mass is 32.2. The highest BCUT2D eigenvalue weighted by Gasteiger charge is 2.15. The molecule has 3 N–H and O–H groups in total. The maximum atomic E-state index is 12.5. The molecular weight excluding hydrogens is 364 g/mol. The fourth-order valence-electron chi connectivity index (χ4n) is 2.56. The van der Waals surface area contributed by atoms with Gasteiger partial charge in [0.15, 0.2) is 0 Å². The smallest absolute Gasteiger partial charge is 0.240 e. The molecule has 6 nitrogen and oxygen atoms in total. The summed E-state index contributed by atoms with van der Waals surface area (Å²) < 4.78 is 38.7. The van der Waals surface area contributed by atoms with Crippen molar-refractivity contribution >= 4 is 15.7 Å². The van der Waals surface area contributed by atoms with Gasteiger partial charge in [-0.05, 0) is 36.8 Å².